The second-order valence-corrected chi connectivity index (χ2v) is 4.54. The molecule has 1 aromatic carbocycles. The van der Waals surface area contributed by atoms with Crippen molar-refractivity contribution < 1.29 is 4.79 Å². The zero-order valence-corrected chi connectivity index (χ0v) is 10.4. The standard InChI is InChI=1S/C13H15N5O/c19-13(12-5-2-6-14-12)16-10-3-1-4-11(9-10)18-8-7-15-17-18/h1,3-4,7-9,12,14H,2,5-6H2,(H,16,19). The summed E-state index contributed by atoms with van der Waals surface area (Å²) in [5, 5.41) is 13.8. The maximum atomic E-state index is 12.0. The van der Waals surface area contributed by atoms with Gasteiger partial charge in [-0.05, 0) is 37.6 Å². The third-order valence-corrected chi connectivity index (χ3v) is 3.18. The molecule has 2 N–H and O–H groups in total. The zero-order valence-electron chi connectivity index (χ0n) is 10.4. The monoisotopic (exact) mass is 257 g/mol. The number of anilines is 1. The van der Waals surface area contributed by atoms with Crippen molar-refractivity contribution in [1.29, 1.82) is 0 Å². The molecule has 1 aliphatic rings. The molecule has 19 heavy (non-hydrogen) atoms. The predicted octanol–water partition coefficient (Wildman–Crippen LogP) is 0.958. The van der Waals surface area contributed by atoms with Crippen LogP contribution in [0.25, 0.3) is 5.69 Å². The van der Waals surface area contributed by atoms with Crippen LogP contribution in [0.15, 0.2) is 36.7 Å². The molecule has 2 aromatic rings. The fourth-order valence-corrected chi connectivity index (χ4v) is 2.21. The van der Waals surface area contributed by atoms with E-state index >= 15 is 0 Å². The van der Waals surface area contributed by atoms with Crippen molar-refractivity contribution in [2.45, 2.75) is 18.9 Å². The van der Waals surface area contributed by atoms with Crippen LogP contribution in [0.2, 0.25) is 0 Å². The minimum absolute atomic E-state index is 0.0215. The lowest BCUT2D eigenvalue weighted by Gasteiger charge is -2.11. The van der Waals surface area contributed by atoms with E-state index in [9.17, 15) is 4.79 Å². The van der Waals surface area contributed by atoms with Crippen molar-refractivity contribution in [3.8, 4) is 5.69 Å². The van der Waals surface area contributed by atoms with Gasteiger partial charge in [-0.3, -0.25) is 4.79 Å². The van der Waals surface area contributed by atoms with Gasteiger partial charge in [-0.1, -0.05) is 11.3 Å². The van der Waals surface area contributed by atoms with Gasteiger partial charge in [0.05, 0.1) is 24.1 Å². The molecule has 1 aromatic heterocycles. The zero-order chi connectivity index (χ0) is 13.1. The van der Waals surface area contributed by atoms with E-state index in [0.29, 0.717) is 0 Å². The molecule has 1 unspecified atom stereocenters. The van der Waals surface area contributed by atoms with Crippen LogP contribution in [0.4, 0.5) is 5.69 Å². The van der Waals surface area contributed by atoms with Gasteiger partial charge in [-0.25, -0.2) is 4.68 Å². The highest BCUT2D eigenvalue weighted by Gasteiger charge is 2.21. The molecule has 2 heterocycles. The van der Waals surface area contributed by atoms with Crippen LogP contribution >= 0.6 is 0 Å². The molecule has 1 fully saturated rings. The number of carbonyl (C=O) groups excluding carboxylic acids is 1. The minimum Gasteiger partial charge on any atom is -0.325 e. The largest absolute Gasteiger partial charge is 0.325 e. The van der Waals surface area contributed by atoms with Crippen LogP contribution in [0, 0.1) is 0 Å². The lowest BCUT2D eigenvalue weighted by Crippen LogP contribution is -2.35. The molecule has 1 saturated heterocycles. The van der Waals surface area contributed by atoms with Crippen molar-refractivity contribution in [3.05, 3.63) is 36.7 Å². The summed E-state index contributed by atoms with van der Waals surface area (Å²) in [7, 11) is 0. The highest BCUT2D eigenvalue weighted by molar-refractivity contribution is 5.95. The van der Waals surface area contributed by atoms with Crippen LogP contribution in [0.3, 0.4) is 0 Å². The Kier molecular flexibility index (Phi) is 3.24. The predicted molar refractivity (Wildman–Crippen MR) is 71.0 cm³/mol. The summed E-state index contributed by atoms with van der Waals surface area (Å²) < 4.78 is 1.66. The Hall–Kier alpha value is -2.21. The number of nitrogens with zero attached hydrogens (tertiary/aromatic N) is 3. The Morgan fingerprint density at radius 1 is 1.47 bits per heavy atom. The van der Waals surface area contributed by atoms with Crippen molar-refractivity contribution in [2.75, 3.05) is 11.9 Å². The fourth-order valence-electron chi connectivity index (χ4n) is 2.21. The maximum Gasteiger partial charge on any atom is 0.241 e. The van der Waals surface area contributed by atoms with Crippen LogP contribution in [0.5, 0.6) is 0 Å². The fraction of sp³-hybridized carbons (Fsp3) is 0.308. The Bertz CT molecular complexity index is 560. The quantitative estimate of drug-likeness (QED) is 0.859. The molecule has 3 rings (SSSR count). The number of rotatable bonds is 3. The van der Waals surface area contributed by atoms with Gasteiger partial charge in [-0.2, -0.15) is 0 Å². The first-order valence-electron chi connectivity index (χ1n) is 6.34. The lowest BCUT2D eigenvalue weighted by atomic mass is 10.2. The van der Waals surface area contributed by atoms with Gasteiger partial charge in [0.15, 0.2) is 0 Å². The van der Waals surface area contributed by atoms with Gasteiger partial charge in [0, 0.05) is 5.69 Å². The topological polar surface area (TPSA) is 71.8 Å². The molecule has 1 amide bonds. The van der Waals surface area contributed by atoms with Crippen molar-refractivity contribution in [1.82, 2.24) is 20.3 Å². The summed E-state index contributed by atoms with van der Waals surface area (Å²) in [5.41, 5.74) is 1.64. The average Bonchev–Trinajstić information content (AvgIpc) is 3.13. The first-order chi connectivity index (χ1) is 9.33. The van der Waals surface area contributed by atoms with E-state index in [2.05, 4.69) is 20.9 Å². The molecule has 6 nitrogen and oxygen atoms in total. The molecule has 1 atom stereocenters. The summed E-state index contributed by atoms with van der Waals surface area (Å²) in [5.74, 6) is 0.0215. The van der Waals surface area contributed by atoms with E-state index in [1.54, 1.807) is 17.1 Å². The molecule has 1 aliphatic heterocycles. The van der Waals surface area contributed by atoms with Gasteiger partial charge in [0.1, 0.15) is 0 Å². The Balaban J connectivity index is 1.74. The van der Waals surface area contributed by atoms with E-state index in [1.165, 1.54) is 0 Å². The highest BCUT2D eigenvalue weighted by atomic mass is 16.2. The molecule has 0 bridgehead atoms. The summed E-state index contributed by atoms with van der Waals surface area (Å²) in [6.07, 6.45) is 5.33. The van der Waals surface area contributed by atoms with E-state index in [1.807, 2.05) is 24.3 Å². The number of carbonyl (C=O) groups is 1. The number of amides is 1. The van der Waals surface area contributed by atoms with Crippen molar-refractivity contribution in [2.24, 2.45) is 0 Å². The summed E-state index contributed by atoms with van der Waals surface area (Å²) in [4.78, 5) is 12.0. The van der Waals surface area contributed by atoms with Crippen LogP contribution in [0.1, 0.15) is 12.8 Å². The second kappa shape index (κ2) is 5.19. The summed E-state index contributed by atoms with van der Waals surface area (Å²) >= 11 is 0. The number of benzene rings is 1. The van der Waals surface area contributed by atoms with Crippen LogP contribution in [-0.4, -0.2) is 33.5 Å². The first-order valence-corrected chi connectivity index (χ1v) is 6.34. The van der Waals surface area contributed by atoms with Crippen LogP contribution in [-0.2, 0) is 4.79 Å². The number of hydrogen-bond acceptors (Lipinski definition) is 4. The highest BCUT2D eigenvalue weighted by Crippen LogP contribution is 2.15. The molecule has 98 valence electrons. The van der Waals surface area contributed by atoms with Gasteiger partial charge >= 0.3 is 0 Å². The summed E-state index contributed by atoms with van der Waals surface area (Å²) in [6, 6.07) is 7.47. The van der Waals surface area contributed by atoms with Crippen molar-refractivity contribution >= 4 is 11.6 Å². The van der Waals surface area contributed by atoms with E-state index in [-0.39, 0.29) is 11.9 Å². The van der Waals surface area contributed by atoms with E-state index < -0.39 is 0 Å². The third-order valence-electron chi connectivity index (χ3n) is 3.18. The Morgan fingerprint density at radius 2 is 2.42 bits per heavy atom. The average molecular weight is 257 g/mol. The van der Waals surface area contributed by atoms with E-state index in [0.717, 1.165) is 30.8 Å². The Morgan fingerprint density at radius 3 is 3.16 bits per heavy atom. The third kappa shape index (κ3) is 2.63. The molecule has 0 radical (unpaired) electrons. The van der Waals surface area contributed by atoms with Gasteiger partial charge < -0.3 is 10.6 Å². The molecule has 0 aliphatic carbocycles. The van der Waals surface area contributed by atoms with Gasteiger partial charge in [0.2, 0.25) is 5.91 Å². The summed E-state index contributed by atoms with van der Waals surface area (Å²) in [6.45, 7) is 0.914. The second-order valence-electron chi connectivity index (χ2n) is 4.54. The minimum atomic E-state index is -0.0740. The SMILES string of the molecule is O=C(Nc1cccc(-n2ccnn2)c1)C1CCCN1. The number of aromatic nitrogens is 3. The number of nitrogens with one attached hydrogen (secondary N) is 2. The molecular weight excluding hydrogens is 242 g/mol. The van der Waals surface area contributed by atoms with Crippen LogP contribution < -0.4 is 10.6 Å². The molecule has 6 heteroatoms. The number of hydrogen-bond donors (Lipinski definition) is 2. The van der Waals surface area contributed by atoms with E-state index in [4.69, 9.17) is 0 Å². The Labute approximate surface area is 110 Å². The maximum absolute atomic E-state index is 12.0. The lowest BCUT2D eigenvalue weighted by molar-refractivity contribution is -0.117. The molecule has 0 saturated carbocycles. The molecular formula is C13H15N5O. The first kappa shape index (κ1) is 11.9. The normalized spacial score (nSPS) is 18.4. The smallest absolute Gasteiger partial charge is 0.241 e. The van der Waals surface area contributed by atoms with Gasteiger partial charge in [0.25, 0.3) is 0 Å². The van der Waals surface area contributed by atoms with Gasteiger partial charge in [-0.15, -0.1) is 5.10 Å². The molecule has 0 spiro atoms. The van der Waals surface area contributed by atoms with Crippen molar-refractivity contribution in [3.63, 3.8) is 0 Å².